The first-order chi connectivity index (χ1) is 41.6. The van der Waals surface area contributed by atoms with Gasteiger partial charge in [0, 0.05) is 0 Å². The van der Waals surface area contributed by atoms with E-state index in [0.717, 1.165) is 11.1 Å². The van der Waals surface area contributed by atoms with E-state index in [1.54, 1.807) is 0 Å². The van der Waals surface area contributed by atoms with Crippen molar-refractivity contribution in [3.05, 3.63) is 352 Å². The van der Waals surface area contributed by atoms with Crippen LogP contribution in [-0.2, 0) is 44.8 Å². The zero-order valence-corrected chi connectivity index (χ0v) is 55.9. The van der Waals surface area contributed by atoms with Gasteiger partial charge in [0.2, 0.25) is 0 Å². The Morgan fingerprint density at radius 2 is 0.523 bits per heavy atom. The first-order valence-corrected chi connectivity index (χ1v) is 36.5. The van der Waals surface area contributed by atoms with Crippen molar-refractivity contribution in [3.63, 3.8) is 0 Å². The second-order valence-corrected chi connectivity index (χ2v) is 34.1. The first kappa shape index (κ1) is 61.6. The van der Waals surface area contributed by atoms with Crippen molar-refractivity contribution in [3.8, 4) is 34.1 Å². The summed E-state index contributed by atoms with van der Waals surface area (Å²) in [6.07, 6.45) is 20.5. The van der Waals surface area contributed by atoms with Crippen LogP contribution in [0.2, 0.25) is 0 Å². The number of benzene rings is 12. The van der Waals surface area contributed by atoms with Crippen LogP contribution in [0.5, 0.6) is 0 Å². The Bertz CT molecular complexity index is 3970. The maximum atomic E-state index is 7.67. The fourth-order valence-electron chi connectivity index (χ4n) is 13.1. The minimum absolute atomic E-state index is 0. The molecule has 0 aromatic heterocycles. The Kier molecular flexibility index (Phi) is 21.0. The van der Waals surface area contributed by atoms with Gasteiger partial charge < -0.3 is 12.8 Å². The normalized spacial score (nSPS) is 12.3. The largest absolute Gasteiger partial charge is 1.00 e. The van der Waals surface area contributed by atoms with Crippen molar-refractivity contribution < 1.29 is 44.8 Å². The van der Waals surface area contributed by atoms with Crippen LogP contribution in [0.3, 0.4) is 0 Å². The topological polar surface area (TPSA) is 0 Å². The molecule has 0 fully saturated rings. The molecule has 0 saturated carbocycles. The van der Waals surface area contributed by atoms with Crippen LogP contribution < -0.4 is 62.7 Å². The zero-order chi connectivity index (χ0) is 57.0. The van der Waals surface area contributed by atoms with Gasteiger partial charge in [-0.05, 0) is 120 Å². The summed E-state index contributed by atoms with van der Waals surface area (Å²) in [4.78, 5) is 0. The summed E-state index contributed by atoms with van der Waals surface area (Å²) in [5.74, 6) is 5.16. The number of unbranched alkanes of at least 4 members (excludes halogenated alkanes) is 1. The van der Waals surface area contributed by atoms with Crippen molar-refractivity contribution in [2.45, 2.75) is 12.8 Å². The van der Waals surface area contributed by atoms with E-state index in [-0.39, 0.29) is 44.8 Å². The predicted octanol–water partition coefficient (Wildman–Crippen LogP) is 11.5. The Hall–Kier alpha value is -7.47. The van der Waals surface area contributed by atoms with Crippen LogP contribution in [0.25, 0.3) is 22.3 Å². The predicted molar refractivity (Wildman–Crippen MR) is 370 cm³/mol. The molecule has 0 aliphatic carbocycles. The van der Waals surface area contributed by atoms with Crippen molar-refractivity contribution in [1.29, 1.82) is 0 Å². The van der Waals surface area contributed by atoms with Gasteiger partial charge in [-0.3, -0.25) is 11.8 Å². The van der Waals surface area contributed by atoms with Gasteiger partial charge in [0.05, 0.1) is 49.4 Å². The fraction of sp³-hybridized carbons (Fsp3) is 0.0500. The summed E-state index contributed by atoms with van der Waals surface area (Å²) in [5.41, 5.74) is 6.83. The molecular weight excluding hydrogens is 1470 g/mol. The van der Waals surface area contributed by atoms with E-state index in [1.165, 1.54) is 110 Å². The molecule has 6 heteroatoms. The summed E-state index contributed by atoms with van der Waals surface area (Å²) in [7, 11) is -6.18. The number of fused-ring (bicyclic) bond motifs is 6. The van der Waals surface area contributed by atoms with Crippen LogP contribution >= 0.6 is 15.8 Å². The maximum Gasteiger partial charge on any atom is 1.00 e. The minimum Gasteiger partial charge on any atom is -0.366 e. The van der Waals surface area contributed by atoms with Crippen LogP contribution in [0.15, 0.2) is 328 Å². The smallest absolute Gasteiger partial charge is 0.366 e. The third-order valence-electron chi connectivity index (χ3n) is 16.8. The van der Waals surface area contributed by atoms with E-state index in [2.05, 4.69) is 327 Å². The molecule has 0 nitrogen and oxygen atoms in total. The molecule has 0 saturated heterocycles. The molecule has 0 radical (unpaired) electrons. The summed E-state index contributed by atoms with van der Waals surface area (Å²) in [6, 6.07) is 119. The molecule has 86 heavy (non-hydrogen) atoms. The van der Waals surface area contributed by atoms with Crippen molar-refractivity contribution in [1.82, 2.24) is 0 Å². The van der Waals surface area contributed by atoms with Gasteiger partial charge in [0.15, 0.2) is 16.1 Å². The molecule has 2 aliphatic heterocycles. The van der Waals surface area contributed by atoms with Gasteiger partial charge in [-0.15, -0.1) is 35.4 Å². The van der Waals surface area contributed by atoms with Crippen LogP contribution in [-0.4, -0.2) is 28.5 Å². The molecule has 0 bridgehead atoms. The monoisotopic (exact) mass is 1540 g/mol. The van der Waals surface area contributed by atoms with E-state index in [0.29, 0.717) is 0 Å². The van der Waals surface area contributed by atoms with Crippen molar-refractivity contribution >= 4 is 94.7 Å². The van der Waals surface area contributed by atoms with Gasteiger partial charge in [-0.1, -0.05) is 260 Å². The zero-order valence-electron chi connectivity index (χ0n) is 47.6. The average Bonchev–Trinajstić information content (AvgIpc) is 1.56. The number of hydrogen-bond donors (Lipinski definition) is 0. The molecule has 0 unspecified atom stereocenters. The molecule has 0 amide bonds. The first-order valence-electron chi connectivity index (χ1n) is 29.1. The summed E-state index contributed by atoms with van der Waals surface area (Å²) >= 11 is 0. The standard InChI is InChI=1S/C28H28P2.2C26H17Si.2Au/c1-5-15-25(16-6-1)29(26-17-7-2-8-18-26)23-13-14-24-30(27-19-9-3-10-20-27)28-21-11-4-12-22-28;1-2-20-17-18-26-24(19-20)23-15-9-10-16-25(23)27(26,21-11-5-3-6-12-21)22-13-7-4-8-14-22;1-2-20-17-18-24-23-15-9-10-16-25(23)27(26(24)19-20,21-11-5-3-6-12-21)22-13-7-4-8-14-22;;/h1-12,15-22H,13-14,23-24H2;2*3-19H;;/q;2*-1;2*+1/p+2. The van der Waals surface area contributed by atoms with Gasteiger partial charge in [0.1, 0.15) is 0 Å². The van der Waals surface area contributed by atoms with Gasteiger partial charge in [0.25, 0.3) is 0 Å². The van der Waals surface area contributed by atoms with Crippen LogP contribution in [0, 0.1) is 24.7 Å². The molecule has 2 aliphatic rings. The second kappa shape index (κ2) is 29.3. The van der Waals surface area contributed by atoms with Crippen molar-refractivity contribution in [2.24, 2.45) is 0 Å². The third-order valence-corrected chi connectivity index (χ3v) is 32.4. The van der Waals surface area contributed by atoms with E-state index in [4.69, 9.17) is 12.8 Å². The number of hydrogen-bond acceptors (Lipinski definition) is 0. The summed E-state index contributed by atoms with van der Waals surface area (Å²) in [6.45, 7) is 0. The van der Waals surface area contributed by atoms with Gasteiger partial charge in [-0.2, -0.15) is 0 Å². The Labute approximate surface area is 545 Å². The van der Waals surface area contributed by atoms with E-state index in [9.17, 15) is 0 Å². The Morgan fingerprint density at radius 1 is 0.256 bits per heavy atom. The van der Waals surface area contributed by atoms with E-state index < -0.39 is 32.0 Å². The molecule has 0 spiro atoms. The van der Waals surface area contributed by atoms with Crippen LogP contribution in [0.1, 0.15) is 24.0 Å². The number of rotatable bonds is 13. The summed E-state index contributed by atoms with van der Waals surface area (Å²) < 4.78 is 0. The molecule has 0 atom stereocenters. The van der Waals surface area contributed by atoms with Gasteiger partial charge >= 0.3 is 44.8 Å². The molecule has 14 rings (SSSR count). The Balaban J connectivity index is 0.000000142. The average molecular weight is 1540 g/mol. The molecule has 2 heterocycles. The second-order valence-electron chi connectivity index (χ2n) is 21.5. The van der Waals surface area contributed by atoms with E-state index >= 15 is 0 Å². The van der Waals surface area contributed by atoms with E-state index in [1.807, 2.05) is 12.1 Å². The Morgan fingerprint density at radius 3 is 0.884 bits per heavy atom. The van der Waals surface area contributed by atoms with Gasteiger partial charge in [-0.25, -0.2) is 0 Å². The van der Waals surface area contributed by atoms with Crippen LogP contribution in [0.4, 0.5) is 0 Å². The minimum atomic E-state index is -2.40. The van der Waals surface area contributed by atoms with Crippen molar-refractivity contribution in [2.75, 3.05) is 12.3 Å². The maximum absolute atomic E-state index is 7.67. The quantitative estimate of drug-likeness (QED) is 0.0355. The molecular formula is C80H64Au2P2Si2+2. The molecule has 0 N–H and O–H groups in total. The third kappa shape index (κ3) is 12.4. The molecule has 12 aromatic rings. The SMILES string of the molecule is [Au+].[Au+].[C-]#Cc1ccc2c(c1)-c1ccccc1[Si]2(c1ccccc1)c1ccccc1.[C-]#Cc1ccc2c(c1)[Si](c1ccccc1)(c1ccccc1)c1ccccc1-2.c1ccc([PH+](CCCC[PH+](c2ccccc2)c2ccccc2)c2ccccc2)cc1. The molecule has 12 aromatic carbocycles. The summed E-state index contributed by atoms with van der Waals surface area (Å²) in [5, 5.41) is 17.3. The molecule has 422 valence electrons. The fourth-order valence-corrected chi connectivity index (χ4v) is 28.9.